The van der Waals surface area contributed by atoms with Crippen LogP contribution in [-0.2, 0) is 6.54 Å². The normalized spacial score (nSPS) is 13.5. The number of nitrogens with one attached hydrogen (secondary N) is 1. The van der Waals surface area contributed by atoms with Crippen molar-refractivity contribution in [3.63, 3.8) is 0 Å². The number of nitrogens with zero attached hydrogens (tertiary/aromatic N) is 5. The molecule has 2 amide bonds. The lowest BCUT2D eigenvalue weighted by molar-refractivity contribution is -0.385. The monoisotopic (exact) mass is 446 g/mol. The van der Waals surface area contributed by atoms with Crippen molar-refractivity contribution in [3.8, 4) is 0 Å². The minimum Gasteiger partial charge on any atom is -0.346 e. The lowest BCUT2D eigenvalue weighted by Crippen LogP contribution is -2.48. The van der Waals surface area contributed by atoms with Crippen molar-refractivity contribution < 1.29 is 14.5 Å². The smallest absolute Gasteiger partial charge is 0.282 e. The van der Waals surface area contributed by atoms with E-state index in [1.54, 1.807) is 29.3 Å². The first-order chi connectivity index (χ1) is 16.0. The number of benzene rings is 1. The molecule has 1 fully saturated rings. The number of hydrogen-bond donors (Lipinski definition) is 1. The fourth-order valence-corrected chi connectivity index (χ4v) is 3.62. The van der Waals surface area contributed by atoms with Gasteiger partial charge in [-0.2, -0.15) is 0 Å². The quantitative estimate of drug-likeness (QED) is 0.456. The van der Waals surface area contributed by atoms with Crippen molar-refractivity contribution >= 4 is 23.3 Å². The summed E-state index contributed by atoms with van der Waals surface area (Å²) in [6.07, 6.45) is 3.85. The zero-order valence-electron chi connectivity index (χ0n) is 17.8. The molecule has 0 aliphatic carbocycles. The third kappa shape index (κ3) is 5.12. The molecule has 0 radical (unpaired) electrons. The van der Waals surface area contributed by atoms with Crippen LogP contribution in [0.5, 0.6) is 0 Å². The molecule has 1 aliphatic heterocycles. The summed E-state index contributed by atoms with van der Waals surface area (Å²) in [5, 5.41) is 14.1. The maximum Gasteiger partial charge on any atom is 0.282 e. The standard InChI is InChI=1S/C23H22N6O4/c30-22(26-15-18-6-3-4-11-24-18)17-9-10-21(25-14-17)27-12-5-13-28(16-27)23(31)19-7-1-2-8-20(19)29(32)33/h1-4,6-11,14H,5,12-13,15-16H2,(H,26,30). The van der Waals surface area contributed by atoms with Crippen LogP contribution in [0.2, 0.25) is 0 Å². The van der Waals surface area contributed by atoms with Crippen molar-refractivity contribution in [2.45, 2.75) is 13.0 Å². The molecule has 1 aliphatic rings. The van der Waals surface area contributed by atoms with E-state index in [4.69, 9.17) is 0 Å². The highest BCUT2D eigenvalue weighted by molar-refractivity contribution is 5.98. The van der Waals surface area contributed by atoms with Gasteiger partial charge in [-0.25, -0.2) is 4.98 Å². The molecule has 3 heterocycles. The van der Waals surface area contributed by atoms with Crippen LogP contribution in [0.4, 0.5) is 11.5 Å². The number of anilines is 1. The number of carbonyl (C=O) groups is 2. The third-order valence-electron chi connectivity index (χ3n) is 5.31. The van der Waals surface area contributed by atoms with Crippen LogP contribution in [0, 0.1) is 10.1 Å². The first kappa shape index (κ1) is 21.9. The van der Waals surface area contributed by atoms with E-state index >= 15 is 0 Å². The molecule has 0 unspecified atom stereocenters. The molecule has 1 N–H and O–H groups in total. The summed E-state index contributed by atoms with van der Waals surface area (Å²) in [7, 11) is 0. The first-order valence-corrected chi connectivity index (χ1v) is 10.4. The third-order valence-corrected chi connectivity index (χ3v) is 5.31. The number of amides is 2. The molecule has 168 valence electrons. The number of carbonyl (C=O) groups excluding carboxylic acids is 2. The molecule has 10 nitrogen and oxygen atoms in total. The Morgan fingerprint density at radius 3 is 2.58 bits per heavy atom. The van der Waals surface area contributed by atoms with Gasteiger partial charge in [0.1, 0.15) is 11.4 Å². The van der Waals surface area contributed by atoms with Crippen LogP contribution in [0.25, 0.3) is 0 Å². The Kier molecular flexibility index (Phi) is 6.53. The fourth-order valence-electron chi connectivity index (χ4n) is 3.62. The van der Waals surface area contributed by atoms with Crippen molar-refractivity contribution in [2.75, 3.05) is 24.7 Å². The molecular weight excluding hydrogens is 424 g/mol. The van der Waals surface area contributed by atoms with Gasteiger partial charge in [-0.1, -0.05) is 18.2 Å². The molecule has 0 bridgehead atoms. The average molecular weight is 446 g/mol. The molecule has 1 aromatic carbocycles. The minimum absolute atomic E-state index is 0.0669. The molecule has 3 aromatic rings. The van der Waals surface area contributed by atoms with E-state index in [-0.39, 0.29) is 23.8 Å². The molecule has 0 atom stereocenters. The number of rotatable bonds is 6. The van der Waals surface area contributed by atoms with Crippen molar-refractivity contribution in [1.29, 1.82) is 0 Å². The number of para-hydroxylation sites is 1. The highest BCUT2D eigenvalue weighted by Gasteiger charge is 2.28. The van der Waals surface area contributed by atoms with Gasteiger partial charge in [-0.15, -0.1) is 0 Å². The summed E-state index contributed by atoms with van der Waals surface area (Å²) in [5.41, 5.74) is 1.03. The maximum absolute atomic E-state index is 13.0. The molecule has 0 saturated carbocycles. The van der Waals surface area contributed by atoms with E-state index < -0.39 is 10.8 Å². The minimum atomic E-state index is -0.547. The van der Waals surface area contributed by atoms with Gasteiger partial charge >= 0.3 is 0 Å². The van der Waals surface area contributed by atoms with Gasteiger partial charge in [-0.05, 0) is 36.8 Å². The second-order valence-electron chi connectivity index (χ2n) is 7.51. The van der Waals surface area contributed by atoms with E-state index in [0.717, 1.165) is 5.69 Å². The Morgan fingerprint density at radius 2 is 1.85 bits per heavy atom. The summed E-state index contributed by atoms with van der Waals surface area (Å²) < 4.78 is 0. The van der Waals surface area contributed by atoms with Crippen LogP contribution in [0.3, 0.4) is 0 Å². The van der Waals surface area contributed by atoms with E-state index in [1.165, 1.54) is 24.4 Å². The number of aromatic nitrogens is 2. The second-order valence-corrected chi connectivity index (χ2v) is 7.51. The lowest BCUT2D eigenvalue weighted by Gasteiger charge is -2.36. The van der Waals surface area contributed by atoms with Crippen LogP contribution in [0.1, 0.15) is 32.8 Å². The number of nitro groups is 1. The van der Waals surface area contributed by atoms with Gasteiger partial charge in [0, 0.05) is 31.5 Å². The number of pyridine rings is 2. The highest BCUT2D eigenvalue weighted by atomic mass is 16.6. The zero-order chi connectivity index (χ0) is 23.2. The summed E-state index contributed by atoms with van der Waals surface area (Å²) in [5.74, 6) is -0.0274. The van der Waals surface area contributed by atoms with E-state index in [0.29, 0.717) is 37.4 Å². The van der Waals surface area contributed by atoms with E-state index in [2.05, 4.69) is 15.3 Å². The Balaban J connectivity index is 1.41. The first-order valence-electron chi connectivity index (χ1n) is 10.4. The number of hydrogen-bond acceptors (Lipinski definition) is 7. The Hall–Kier alpha value is -4.34. The molecule has 33 heavy (non-hydrogen) atoms. The van der Waals surface area contributed by atoms with Gasteiger partial charge in [0.05, 0.1) is 29.4 Å². The number of nitro benzene ring substituents is 1. The SMILES string of the molecule is O=C(NCc1ccccn1)c1ccc(N2CCCN(C(=O)c3ccccc3[N+](=O)[O-])C2)nc1. The van der Waals surface area contributed by atoms with Gasteiger partial charge in [0.25, 0.3) is 17.5 Å². The van der Waals surface area contributed by atoms with Gasteiger partial charge in [0.2, 0.25) is 0 Å². The van der Waals surface area contributed by atoms with Crippen LogP contribution >= 0.6 is 0 Å². The summed E-state index contributed by atoms with van der Waals surface area (Å²) >= 11 is 0. The van der Waals surface area contributed by atoms with E-state index in [1.807, 2.05) is 23.1 Å². The van der Waals surface area contributed by atoms with Crippen molar-refractivity contribution in [3.05, 3.63) is 93.9 Å². The molecule has 1 saturated heterocycles. The van der Waals surface area contributed by atoms with Gasteiger partial charge in [-0.3, -0.25) is 24.7 Å². The summed E-state index contributed by atoms with van der Waals surface area (Å²) in [6, 6.07) is 14.8. The van der Waals surface area contributed by atoms with Crippen LogP contribution in [0.15, 0.2) is 67.0 Å². The predicted octanol–water partition coefficient (Wildman–Crippen LogP) is 2.62. The summed E-state index contributed by atoms with van der Waals surface area (Å²) in [4.78, 5) is 48.1. The largest absolute Gasteiger partial charge is 0.346 e. The fraction of sp³-hybridized carbons (Fsp3) is 0.217. The van der Waals surface area contributed by atoms with Crippen LogP contribution < -0.4 is 10.2 Å². The van der Waals surface area contributed by atoms with Gasteiger partial charge < -0.3 is 15.1 Å². The average Bonchev–Trinajstić information content (AvgIpc) is 2.87. The van der Waals surface area contributed by atoms with Crippen molar-refractivity contribution in [2.24, 2.45) is 0 Å². The summed E-state index contributed by atoms with van der Waals surface area (Å²) in [6.45, 7) is 1.74. The Labute approximate surface area is 190 Å². The van der Waals surface area contributed by atoms with Gasteiger partial charge in [0.15, 0.2) is 0 Å². The maximum atomic E-state index is 13.0. The Morgan fingerprint density at radius 1 is 1.03 bits per heavy atom. The zero-order valence-corrected chi connectivity index (χ0v) is 17.8. The lowest BCUT2D eigenvalue weighted by atomic mass is 10.1. The second kappa shape index (κ2) is 9.86. The Bertz CT molecular complexity index is 1150. The molecule has 10 heteroatoms. The predicted molar refractivity (Wildman–Crippen MR) is 121 cm³/mol. The van der Waals surface area contributed by atoms with Crippen LogP contribution in [-0.4, -0.2) is 51.4 Å². The molecule has 2 aromatic heterocycles. The molecule has 0 spiro atoms. The highest BCUT2D eigenvalue weighted by Crippen LogP contribution is 2.22. The molecular formula is C23H22N6O4. The van der Waals surface area contributed by atoms with E-state index in [9.17, 15) is 19.7 Å². The van der Waals surface area contributed by atoms with Crippen molar-refractivity contribution in [1.82, 2.24) is 20.2 Å². The topological polar surface area (TPSA) is 122 Å². The molecule has 4 rings (SSSR count).